The highest BCUT2D eigenvalue weighted by Gasteiger charge is 2.25. The van der Waals surface area contributed by atoms with Crippen molar-refractivity contribution in [2.45, 2.75) is 26.7 Å². The van der Waals surface area contributed by atoms with Crippen molar-refractivity contribution in [1.82, 2.24) is 15.2 Å². The number of aryl methyl sites for hydroxylation is 3. The number of aromatic nitrogens is 3. The summed E-state index contributed by atoms with van der Waals surface area (Å²) in [6, 6.07) is 0. The van der Waals surface area contributed by atoms with E-state index in [0.717, 1.165) is 50.5 Å². The Morgan fingerprint density at radius 2 is 2.19 bits per heavy atom. The van der Waals surface area contributed by atoms with E-state index < -0.39 is 0 Å². The third-order valence-electron chi connectivity index (χ3n) is 4.02. The summed E-state index contributed by atoms with van der Waals surface area (Å²) in [7, 11) is 0. The van der Waals surface area contributed by atoms with Crippen molar-refractivity contribution in [3.05, 3.63) is 33.5 Å². The first-order valence-electron chi connectivity index (χ1n) is 6.98. The van der Waals surface area contributed by atoms with Gasteiger partial charge in [0.15, 0.2) is 0 Å². The summed E-state index contributed by atoms with van der Waals surface area (Å²) in [4.78, 5) is 16.3. The third-order valence-corrected chi connectivity index (χ3v) is 5.22. The number of nitrogens with zero attached hydrogens (tertiary/aromatic N) is 1. The lowest BCUT2D eigenvalue weighted by molar-refractivity contribution is 0.321. The SMILES string of the molecule is Cc1[nH]ncc1-c1sc2c(=O)[nH]c(C)c3c2c1OCCC3. The molecule has 0 fully saturated rings. The van der Waals surface area contributed by atoms with Gasteiger partial charge in [0, 0.05) is 22.3 Å². The maximum Gasteiger partial charge on any atom is 0.266 e. The lowest BCUT2D eigenvalue weighted by Gasteiger charge is -2.05. The Balaban J connectivity index is 2.15. The van der Waals surface area contributed by atoms with Gasteiger partial charge in [-0.1, -0.05) is 0 Å². The molecule has 4 rings (SSSR count). The molecule has 0 aromatic carbocycles. The van der Waals surface area contributed by atoms with E-state index in [0.29, 0.717) is 6.61 Å². The quantitative estimate of drug-likeness (QED) is 0.726. The molecule has 0 bridgehead atoms. The van der Waals surface area contributed by atoms with E-state index in [2.05, 4.69) is 15.2 Å². The van der Waals surface area contributed by atoms with Crippen molar-refractivity contribution < 1.29 is 4.74 Å². The average Bonchev–Trinajstić information content (AvgIpc) is 2.95. The Hall–Kier alpha value is -2.08. The summed E-state index contributed by atoms with van der Waals surface area (Å²) >= 11 is 1.49. The van der Waals surface area contributed by atoms with E-state index >= 15 is 0 Å². The number of H-pyrrole nitrogens is 2. The van der Waals surface area contributed by atoms with Crippen LogP contribution in [0.15, 0.2) is 11.0 Å². The molecule has 0 atom stereocenters. The number of thiophene rings is 1. The van der Waals surface area contributed by atoms with Crippen molar-refractivity contribution >= 4 is 21.4 Å². The molecule has 108 valence electrons. The van der Waals surface area contributed by atoms with Gasteiger partial charge < -0.3 is 9.72 Å². The highest BCUT2D eigenvalue weighted by Crippen LogP contribution is 2.46. The van der Waals surface area contributed by atoms with Crippen LogP contribution >= 0.6 is 11.3 Å². The number of hydrogen-bond acceptors (Lipinski definition) is 4. The van der Waals surface area contributed by atoms with E-state index in [1.165, 1.54) is 16.9 Å². The molecule has 0 aliphatic carbocycles. The molecule has 3 aromatic rings. The van der Waals surface area contributed by atoms with E-state index in [1.807, 2.05) is 13.8 Å². The Labute approximate surface area is 125 Å². The molecule has 21 heavy (non-hydrogen) atoms. The molecule has 0 saturated carbocycles. The van der Waals surface area contributed by atoms with E-state index in [9.17, 15) is 4.79 Å². The predicted molar refractivity (Wildman–Crippen MR) is 83.3 cm³/mol. The first kappa shape index (κ1) is 12.6. The zero-order chi connectivity index (χ0) is 14.6. The highest BCUT2D eigenvalue weighted by molar-refractivity contribution is 7.22. The van der Waals surface area contributed by atoms with Gasteiger partial charge in [0.05, 0.1) is 17.7 Å². The Morgan fingerprint density at radius 3 is 2.95 bits per heavy atom. The summed E-state index contributed by atoms with van der Waals surface area (Å²) in [5.41, 5.74) is 4.13. The molecule has 0 unspecified atom stereocenters. The fourth-order valence-corrected chi connectivity index (χ4v) is 4.21. The van der Waals surface area contributed by atoms with Gasteiger partial charge >= 0.3 is 0 Å². The molecular formula is C15H15N3O2S. The van der Waals surface area contributed by atoms with Gasteiger partial charge in [-0.2, -0.15) is 5.10 Å². The van der Waals surface area contributed by atoms with Crippen LogP contribution in [0.2, 0.25) is 0 Å². The minimum Gasteiger partial charge on any atom is -0.491 e. The summed E-state index contributed by atoms with van der Waals surface area (Å²) < 4.78 is 6.75. The normalized spacial score (nSPS) is 14.2. The Bertz CT molecular complexity index is 904. The molecule has 0 saturated heterocycles. The number of aromatic amines is 2. The number of rotatable bonds is 1. The van der Waals surface area contributed by atoms with Gasteiger partial charge in [-0.05, 0) is 32.3 Å². The van der Waals surface area contributed by atoms with Gasteiger partial charge in [-0.15, -0.1) is 11.3 Å². The molecule has 6 heteroatoms. The van der Waals surface area contributed by atoms with Crippen LogP contribution in [0.4, 0.5) is 0 Å². The smallest absolute Gasteiger partial charge is 0.266 e. The topological polar surface area (TPSA) is 70.8 Å². The van der Waals surface area contributed by atoms with Crippen LogP contribution < -0.4 is 10.3 Å². The summed E-state index contributed by atoms with van der Waals surface area (Å²) in [5, 5.41) is 8.03. The number of hydrogen-bond donors (Lipinski definition) is 2. The van der Waals surface area contributed by atoms with Crippen molar-refractivity contribution in [3.8, 4) is 16.2 Å². The minimum atomic E-state index is -0.0320. The number of ether oxygens (including phenoxy) is 1. The largest absolute Gasteiger partial charge is 0.491 e. The third kappa shape index (κ3) is 1.75. The number of nitrogens with one attached hydrogen (secondary N) is 2. The summed E-state index contributed by atoms with van der Waals surface area (Å²) in [5.74, 6) is 0.848. The molecule has 0 amide bonds. The van der Waals surface area contributed by atoms with Crippen LogP contribution in [0.1, 0.15) is 23.4 Å². The molecule has 5 nitrogen and oxygen atoms in total. The second-order valence-corrected chi connectivity index (χ2v) is 6.40. The average molecular weight is 301 g/mol. The Kier molecular flexibility index (Phi) is 2.68. The summed E-state index contributed by atoms with van der Waals surface area (Å²) in [6.45, 7) is 4.62. The van der Waals surface area contributed by atoms with Crippen molar-refractivity contribution in [1.29, 1.82) is 0 Å². The monoisotopic (exact) mass is 301 g/mol. The molecule has 1 aliphatic heterocycles. The van der Waals surface area contributed by atoms with Gasteiger partial charge in [0.25, 0.3) is 5.56 Å². The second kappa shape index (κ2) is 4.46. The van der Waals surface area contributed by atoms with Gasteiger partial charge in [-0.3, -0.25) is 9.89 Å². The van der Waals surface area contributed by atoms with Crippen LogP contribution in [-0.2, 0) is 6.42 Å². The van der Waals surface area contributed by atoms with Crippen LogP contribution in [0, 0.1) is 13.8 Å². The van der Waals surface area contributed by atoms with Gasteiger partial charge in [-0.25, -0.2) is 0 Å². The van der Waals surface area contributed by atoms with E-state index in [-0.39, 0.29) is 5.56 Å². The van der Waals surface area contributed by atoms with Crippen LogP contribution in [0.25, 0.3) is 20.5 Å². The Morgan fingerprint density at radius 1 is 1.33 bits per heavy atom. The van der Waals surface area contributed by atoms with Crippen LogP contribution in [-0.4, -0.2) is 21.8 Å². The molecule has 1 aliphatic rings. The molecular weight excluding hydrogens is 286 g/mol. The van der Waals surface area contributed by atoms with Gasteiger partial charge in [0.2, 0.25) is 0 Å². The predicted octanol–water partition coefficient (Wildman–Crippen LogP) is 2.92. The lowest BCUT2D eigenvalue weighted by Crippen LogP contribution is -2.08. The fourth-order valence-electron chi connectivity index (χ4n) is 2.97. The molecule has 2 N–H and O–H groups in total. The van der Waals surface area contributed by atoms with Crippen LogP contribution in [0.5, 0.6) is 5.75 Å². The number of pyridine rings is 1. The zero-order valence-electron chi connectivity index (χ0n) is 11.9. The van der Waals surface area contributed by atoms with Crippen LogP contribution in [0.3, 0.4) is 0 Å². The molecule has 3 aromatic heterocycles. The summed E-state index contributed by atoms with van der Waals surface area (Å²) in [6.07, 6.45) is 3.70. The first-order chi connectivity index (χ1) is 10.2. The molecule has 0 radical (unpaired) electrons. The van der Waals surface area contributed by atoms with Gasteiger partial charge in [0.1, 0.15) is 10.4 Å². The zero-order valence-corrected chi connectivity index (χ0v) is 12.7. The minimum absolute atomic E-state index is 0.0320. The highest BCUT2D eigenvalue weighted by atomic mass is 32.1. The fraction of sp³-hybridized carbons (Fsp3) is 0.333. The standard InChI is InChI=1S/C15H15N3O2S/c1-7-9-4-3-5-20-12-11(9)14(15(19)17-7)21-13(12)10-6-16-18-8(10)2/h6H,3-5H2,1-2H3,(H,16,18)(H,17,19). The van der Waals surface area contributed by atoms with Crippen molar-refractivity contribution in [2.24, 2.45) is 0 Å². The maximum atomic E-state index is 12.3. The van der Waals surface area contributed by atoms with Crippen molar-refractivity contribution in [2.75, 3.05) is 6.61 Å². The first-order valence-corrected chi connectivity index (χ1v) is 7.80. The lowest BCUT2D eigenvalue weighted by atomic mass is 10.0. The molecule has 4 heterocycles. The van der Waals surface area contributed by atoms with E-state index in [1.54, 1.807) is 6.20 Å². The molecule has 0 spiro atoms. The van der Waals surface area contributed by atoms with Crippen molar-refractivity contribution in [3.63, 3.8) is 0 Å². The second-order valence-electron chi connectivity index (χ2n) is 5.38. The maximum absolute atomic E-state index is 12.3. The van der Waals surface area contributed by atoms with E-state index in [4.69, 9.17) is 4.74 Å².